The topological polar surface area (TPSA) is 113 Å². The highest BCUT2D eigenvalue weighted by Crippen LogP contribution is 2.38. The van der Waals surface area contributed by atoms with Crippen LogP contribution in [0.4, 0.5) is 17.3 Å². The predicted molar refractivity (Wildman–Crippen MR) is 96.2 cm³/mol. The van der Waals surface area contributed by atoms with Crippen LogP contribution < -0.4 is 15.8 Å². The van der Waals surface area contributed by atoms with Gasteiger partial charge in [0, 0.05) is 15.1 Å². The minimum absolute atomic E-state index is 0.122. The zero-order valence-corrected chi connectivity index (χ0v) is 15.2. The van der Waals surface area contributed by atoms with Crippen LogP contribution in [0.3, 0.4) is 0 Å². The van der Waals surface area contributed by atoms with Crippen LogP contribution in [-0.2, 0) is 17.5 Å². The van der Waals surface area contributed by atoms with Crippen LogP contribution in [0.25, 0.3) is 0 Å². The maximum atomic E-state index is 11.3. The molecule has 7 nitrogen and oxygen atoms in total. The van der Waals surface area contributed by atoms with Crippen molar-refractivity contribution in [2.24, 2.45) is 5.14 Å². The van der Waals surface area contributed by atoms with Crippen molar-refractivity contribution < 1.29 is 9.32 Å². The molecule has 0 aliphatic rings. The molecule has 0 saturated heterocycles. The van der Waals surface area contributed by atoms with Gasteiger partial charge in [-0.3, -0.25) is 0 Å². The van der Waals surface area contributed by atoms with E-state index in [1.165, 1.54) is 9.75 Å². The molecule has 1 unspecified atom stereocenters. The first-order chi connectivity index (χ1) is 11.0. The van der Waals surface area contributed by atoms with Gasteiger partial charge in [0.05, 0.1) is 24.0 Å². The monoisotopic (exact) mass is 387 g/mol. The second kappa shape index (κ2) is 6.93. The molecule has 5 N–H and O–H groups in total. The number of hydrogen-bond donors (Lipinski definition) is 4. The number of thiophene rings is 2. The Morgan fingerprint density at radius 2 is 2.13 bits per heavy atom. The number of aromatic hydroxyl groups is 1. The zero-order chi connectivity index (χ0) is 16.4. The summed E-state index contributed by atoms with van der Waals surface area (Å²) < 4.78 is 19.9. The van der Waals surface area contributed by atoms with Crippen molar-refractivity contribution in [1.82, 2.24) is 8.75 Å². The molecule has 0 aliphatic carbocycles. The number of nitrogens with two attached hydrogens (primary N) is 1. The Bertz CT molecular complexity index is 840. The largest absolute Gasteiger partial charge is 0.504 e. The molecule has 0 aromatic carbocycles. The summed E-state index contributed by atoms with van der Waals surface area (Å²) >= 11 is 3.90. The number of rotatable bonds is 6. The van der Waals surface area contributed by atoms with Gasteiger partial charge in [-0.2, -0.15) is 8.75 Å². The Kier molecular flexibility index (Phi) is 4.92. The zero-order valence-electron chi connectivity index (χ0n) is 11.9. The molecule has 0 spiro atoms. The Balaban J connectivity index is 1.72. The fourth-order valence-corrected chi connectivity index (χ4v) is 4.59. The second-order valence-corrected chi connectivity index (χ2v) is 8.58. The van der Waals surface area contributed by atoms with E-state index in [0.717, 1.165) is 23.1 Å². The van der Waals surface area contributed by atoms with E-state index in [-0.39, 0.29) is 9.96 Å². The van der Waals surface area contributed by atoms with E-state index in [2.05, 4.69) is 38.4 Å². The lowest BCUT2D eigenvalue weighted by Crippen LogP contribution is -2.02. The van der Waals surface area contributed by atoms with E-state index in [4.69, 9.17) is 5.14 Å². The van der Waals surface area contributed by atoms with Crippen molar-refractivity contribution >= 4 is 62.7 Å². The maximum Gasteiger partial charge on any atom is 0.188 e. The molecule has 3 aromatic rings. The second-order valence-electron chi connectivity index (χ2n) is 4.54. The van der Waals surface area contributed by atoms with Crippen LogP contribution in [0.1, 0.15) is 9.75 Å². The average Bonchev–Trinajstić information content (AvgIpc) is 3.20. The molecule has 11 heteroatoms. The number of nitrogens with one attached hydrogen (secondary N) is 2. The molecule has 0 amide bonds. The van der Waals surface area contributed by atoms with Crippen molar-refractivity contribution in [2.75, 3.05) is 10.6 Å². The van der Waals surface area contributed by atoms with Gasteiger partial charge >= 0.3 is 0 Å². The molecular weight excluding hydrogens is 374 g/mol. The lowest BCUT2D eigenvalue weighted by atomic mass is 10.4. The van der Waals surface area contributed by atoms with E-state index >= 15 is 0 Å². The first-order valence-electron chi connectivity index (χ1n) is 6.40. The van der Waals surface area contributed by atoms with Crippen LogP contribution in [0.2, 0.25) is 0 Å². The summed E-state index contributed by atoms with van der Waals surface area (Å²) in [4.78, 5) is 2.45. The molecule has 3 rings (SSSR count). The van der Waals surface area contributed by atoms with Gasteiger partial charge in [0.25, 0.3) is 0 Å². The minimum atomic E-state index is -1.72. The van der Waals surface area contributed by atoms with Crippen LogP contribution in [0, 0.1) is 6.92 Å². The van der Waals surface area contributed by atoms with Gasteiger partial charge in [0.2, 0.25) is 0 Å². The molecule has 3 aromatic heterocycles. The van der Waals surface area contributed by atoms with E-state index in [9.17, 15) is 9.32 Å². The van der Waals surface area contributed by atoms with E-state index in [1.54, 1.807) is 16.7 Å². The summed E-state index contributed by atoms with van der Waals surface area (Å²) in [5.41, 5.74) is 0.409. The highest BCUT2D eigenvalue weighted by molar-refractivity contribution is 7.85. The SMILES string of the molecule is Cc1ccc(CNc2nsnc2Nc2csc(S(N)=O)c2O)s1. The quantitative estimate of drug-likeness (QED) is 0.517. The maximum absolute atomic E-state index is 11.3. The Morgan fingerprint density at radius 1 is 1.35 bits per heavy atom. The molecule has 0 aliphatic heterocycles. The predicted octanol–water partition coefficient (Wildman–Crippen LogP) is 3.01. The molecular formula is C12H13N5O2S4. The van der Waals surface area contributed by atoms with E-state index in [0.29, 0.717) is 23.9 Å². The Morgan fingerprint density at radius 3 is 2.78 bits per heavy atom. The molecule has 0 radical (unpaired) electrons. The van der Waals surface area contributed by atoms with Gasteiger partial charge < -0.3 is 15.7 Å². The van der Waals surface area contributed by atoms with Gasteiger partial charge in [-0.05, 0) is 19.1 Å². The molecule has 0 fully saturated rings. The smallest absolute Gasteiger partial charge is 0.188 e. The average molecular weight is 388 g/mol. The number of aryl methyl sites for hydroxylation is 1. The molecule has 0 saturated carbocycles. The Hall–Kier alpha value is -1.53. The van der Waals surface area contributed by atoms with Crippen molar-refractivity contribution in [3.8, 4) is 5.75 Å². The first kappa shape index (κ1) is 16.3. The normalized spacial score (nSPS) is 12.3. The minimum Gasteiger partial charge on any atom is -0.504 e. The summed E-state index contributed by atoms with van der Waals surface area (Å²) in [5.74, 6) is 0.983. The van der Waals surface area contributed by atoms with E-state index < -0.39 is 11.0 Å². The van der Waals surface area contributed by atoms with Gasteiger partial charge in [0.1, 0.15) is 11.0 Å². The van der Waals surface area contributed by atoms with Crippen LogP contribution in [0.5, 0.6) is 5.75 Å². The molecule has 23 heavy (non-hydrogen) atoms. The molecule has 122 valence electrons. The van der Waals surface area contributed by atoms with Gasteiger partial charge in [-0.15, -0.1) is 22.7 Å². The molecule has 3 heterocycles. The Labute approximate surface area is 147 Å². The third kappa shape index (κ3) is 3.70. The summed E-state index contributed by atoms with van der Waals surface area (Å²) in [5, 5.41) is 23.2. The van der Waals surface area contributed by atoms with E-state index in [1.807, 2.05) is 0 Å². The van der Waals surface area contributed by atoms with Crippen LogP contribution in [-0.4, -0.2) is 18.1 Å². The summed E-state index contributed by atoms with van der Waals surface area (Å²) in [6, 6.07) is 4.13. The van der Waals surface area contributed by atoms with Crippen LogP contribution >= 0.6 is 34.4 Å². The fraction of sp³-hybridized carbons (Fsp3) is 0.167. The molecule has 1 atom stereocenters. The lowest BCUT2D eigenvalue weighted by molar-refractivity contribution is 0.468. The van der Waals surface area contributed by atoms with Gasteiger partial charge in [0.15, 0.2) is 21.6 Å². The first-order valence-corrected chi connectivity index (χ1v) is 10.0. The number of aromatic nitrogens is 2. The van der Waals surface area contributed by atoms with Crippen molar-refractivity contribution in [3.63, 3.8) is 0 Å². The standard InChI is InChI=1S/C12H13N5O2S4/c1-6-2-3-7(21-6)4-14-10-11(17-22-16-10)15-8-5-20-12(9(8)18)23(13)19/h2-3,5,18H,4,13H2,1H3,(H,14,16)(H,15,17). The lowest BCUT2D eigenvalue weighted by Gasteiger charge is -2.05. The summed E-state index contributed by atoms with van der Waals surface area (Å²) in [6.45, 7) is 2.70. The van der Waals surface area contributed by atoms with Crippen molar-refractivity contribution in [1.29, 1.82) is 0 Å². The highest BCUT2D eigenvalue weighted by atomic mass is 32.2. The van der Waals surface area contributed by atoms with Gasteiger partial charge in [-0.25, -0.2) is 9.35 Å². The van der Waals surface area contributed by atoms with Crippen LogP contribution in [0.15, 0.2) is 21.7 Å². The molecule has 0 bridgehead atoms. The number of nitrogens with zero attached hydrogens (tertiary/aromatic N) is 2. The highest BCUT2D eigenvalue weighted by Gasteiger charge is 2.17. The summed E-state index contributed by atoms with van der Waals surface area (Å²) in [6.07, 6.45) is 0. The number of anilines is 3. The fourth-order valence-electron chi connectivity index (χ4n) is 1.83. The number of hydrogen-bond acceptors (Lipinski definition) is 9. The third-order valence-corrected chi connectivity index (χ3v) is 6.51. The van der Waals surface area contributed by atoms with Crippen molar-refractivity contribution in [3.05, 3.63) is 27.3 Å². The van der Waals surface area contributed by atoms with Crippen molar-refractivity contribution in [2.45, 2.75) is 17.7 Å². The third-order valence-electron chi connectivity index (χ3n) is 2.88. The summed E-state index contributed by atoms with van der Waals surface area (Å²) in [7, 11) is -1.72. The van der Waals surface area contributed by atoms with Gasteiger partial charge in [-0.1, -0.05) is 0 Å².